The van der Waals surface area contributed by atoms with Crippen molar-refractivity contribution in [3.63, 3.8) is 0 Å². The molecule has 26 nitrogen and oxygen atoms in total. The summed E-state index contributed by atoms with van der Waals surface area (Å²) in [4.78, 5) is 59.8. The summed E-state index contributed by atoms with van der Waals surface area (Å²) in [7, 11) is 0. The normalized spacial score (nSPS) is 13.1. The highest BCUT2D eigenvalue weighted by Gasteiger charge is 2.31. The third kappa shape index (κ3) is 10.8. The minimum absolute atomic E-state index is 0.0703. The smallest absolute Gasteiger partial charge is 0.327 e. The van der Waals surface area contributed by atoms with E-state index >= 15 is 0 Å². The number of hydrogen-bond acceptors (Lipinski definition) is 20. The molecule has 2 aliphatic heterocycles. The number of rotatable bonds is 9. The van der Waals surface area contributed by atoms with Crippen molar-refractivity contribution in [2.75, 3.05) is 59.9 Å². The summed E-state index contributed by atoms with van der Waals surface area (Å²) in [6.45, 7) is 6.40. The molecule has 0 unspecified atom stereocenters. The molecule has 0 aliphatic carbocycles. The molecule has 0 spiro atoms. The number of aliphatic hydroxyl groups is 1. The predicted octanol–water partition coefficient (Wildman–Crippen LogP) is 8.81. The van der Waals surface area contributed by atoms with Crippen molar-refractivity contribution >= 4 is 108 Å². The van der Waals surface area contributed by atoms with Crippen molar-refractivity contribution in [1.82, 2.24) is 64.2 Å². The number of fused-ring (bicyclic) bond motifs is 5. The number of aliphatic hydroxyl groups excluding tert-OH is 1. The zero-order valence-electron chi connectivity index (χ0n) is 44.9. The van der Waals surface area contributed by atoms with Crippen molar-refractivity contribution < 1.29 is 42.2 Å². The highest BCUT2D eigenvalue weighted by molar-refractivity contribution is 6.40. The molecule has 3 N–H and O–H groups in total. The van der Waals surface area contributed by atoms with Crippen LogP contribution in [0.25, 0.3) is 50.8 Å². The molecule has 29 heteroatoms. The first-order chi connectivity index (χ1) is 41.2. The molecule has 2 aliphatic rings. The van der Waals surface area contributed by atoms with Crippen LogP contribution in [0.4, 0.5) is 22.9 Å². The fourth-order valence-electron chi connectivity index (χ4n) is 9.59. The number of ether oxygens (including phenoxy) is 2. The summed E-state index contributed by atoms with van der Waals surface area (Å²) >= 11 is 18.5. The number of aryl methyl sites for hydroxylation is 3. The lowest BCUT2D eigenvalue weighted by Gasteiger charge is -2.23. The Balaban J connectivity index is 0.000000125. The number of halogens is 3. The van der Waals surface area contributed by atoms with Crippen molar-refractivity contribution in [3.8, 4) is 29.8 Å². The van der Waals surface area contributed by atoms with Crippen LogP contribution in [0, 0.1) is 20.8 Å². The Morgan fingerprint density at radius 2 is 1.05 bits per heavy atom. The summed E-state index contributed by atoms with van der Waals surface area (Å²) < 4.78 is 33.0. The average Bonchev–Trinajstić information content (AvgIpc) is 4.58. The van der Waals surface area contributed by atoms with Crippen LogP contribution < -0.4 is 29.9 Å². The molecule has 0 radical (unpaired) electrons. The number of hydrogen-bond donors (Lipinski definition) is 2. The molecular weight excluding hydrogens is 1160 g/mol. The van der Waals surface area contributed by atoms with Gasteiger partial charge in [-0.3, -0.25) is 28.1 Å². The van der Waals surface area contributed by atoms with E-state index in [4.69, 9.17) is 63.3 Å². The molecule has 0 saturated carbocycles. The minimum atomic E-state index is -0.388. The molecule has 0 bridgehead atoms. The number of amides is 3. The van der Waals surface area contributed by atoms with Crippen molar-refractivity contribution in [3.05, 3.63) is 172 Å². The van der Waals surface area contributed by atoms with E-state index in [1.165, 1.54) is 17.6 Å². The van der Waals surface area contributed by atoms with Gasteiger partial charge in [-0.15, -0.1) is 15.3 Å². The molecule has 0 atom stereocenters. The highest BCUT2D eigenvalue weighted by atomic mass is 35.5. The Hall–Kier alpha value is -10.3. The van der Waals surface area contributed by atoms with E-state index < -0.39 is 0 Å². The van der Waals surface area contributed by atoms with Gasteiger partial charge in [-0.05, 0) is 84.9 Å². The number of nitrogens with zero attached hydrogens (tertiary/aromatic N) is 16. The van der Waals surface area contributed by atoms with Crippen LogP contribution in [-0.2, 0) is 0 Å². The van der Waals surface area contributed by atoms with Gasteiger partial charge in [0, 0.05) is 79.1 Å². The van der Waals surface area contributed by atoms with Crippen molar-refractivity contribution in [2.24, 2.45) is 0 Å². The summed E-state index contributed by atoms with van der Waals surface area (Å²) in [6.07, 6.45) is 8.05. The van der Waals surface area contributed by atoms with Gasteiger partial charge >= 0.3 is 18.0 Å². The third-order valence-electron chi connectivity index (χ3n) is 13.5. The first kappa shape index (κ1) is 55.3. The quantitative estimate of drug-likeness (QED) is 0.127. The second-order valence-electron chi connectivity index (χ2n) is 18.8. The Kier molecular flexibility index (Phi) is 15.1. The topological polar surface area (TPSA) is 309 Å². The van der Waals surface area contributed by atoms with Crippen LogP contribution in [0.15, 0.2) is 135 Å². The number of nitrogen functional groups attached to an aromatic ring is 1. The molecule has 0 saturated heterocycles. The van der Waals surface area contributed by atoms with E-state index in [9.17, 15) is 19.5 Å². The molecule has 8 aromatic heterocycles. The lowest BCUT2D eigenvalue weighted by Crippen LogP contribution is -2.34. The van der Waals surface area contributed by atoms with Crippen LogP contribution in [-0.4, -0.2) is 127 Å². The molecule has 12 aromatic rings. The van der Waals surface area contributed by atoms with E-state index in [0.717, 1.165) is 38.4 Å². The largest absolute Gasteiger partial charge is 0.475 e. The van der Waals surface area contributed by atoms with Gasteiger partial charge in [-0.2, -0.15) is 0 Å². The minimum Gasteiger partial charge on any atom is -0.475 e. The first-order valence-corrected chi connectivity index (χ1v) is 27.0. The molecule has 3 amide bonds. The molecule has 85 heavy (non-hydrogen) atoms. The van der Waals surface area contributed by atoms with Gasteiger partial charge in [-0.25, -0.2) is 19.9 Å². The zero-order valence-corrected chi connectivity index (χ0v) is 47.1. The maximum atomic E-state index is 13.1. The fourth-order valence-corrected chi connectivity index (χ4v) is 10.4. The zero-order chi connectivity index (χ0) is 59.0. The summed E-state index contributed by atoms with van der Waals surface area (Å²) in [5, 5.41) is 36.5. The van der Waals surface area contributed by atoms with Gasteiger partial charge in [0.15, 0.2) is 0 Å². The summed E-state index contributed by atoms with van der Waals surface area (Å²) in [5.74, 6) is 0.965. The molecule has 10 heterocycles. The molecular formula is C56H44Cl3N17O9. The van der Waals surface area contributed by atoms with Gasteiger partial charge in [0.05, 0.1) is 51.9 Å². The summed E-state index contributed by atoms with van der Waals surface area (Å²) in [5.41, 5.74) is 11.1. The maximum absolute atomic E-state index is 13.1. The maximum Gasteiger partial charge on any atom is 0.327 e. The SMILES string of the molecule is Cc1nnc(-n2ccc3cc(N(CCO)C(=O)c4c(Cl)cccc4Cl)ccc32)o1.Cc1nnc(-n2ccc3cc(N4CCOc5ncnc(Cl)c5C4=O)ccc32)o1.Cc1nnc(-n2ccc3cc(N4CCOc5ncnc(N)c5C4=O)ccc32)o1. The van der Waals surface area contributed by atoms with Gasteiger partial charge in [-0.1, -0.05) is 56.2 Å². The van der Waals surface area contributed by atoms with Gasteiger partial charge < -0.3 is 48.3 Å². The number of nitrogens with two attached hydrogens (primary N) is 1. The Labute approximate surface area is 494 Å². The lowest BCUT2D eigenvalue weighted by atomic mass is 10.1. The van der Waals surface area contributed by atoms with Crippen LogP contribution in [0.1, 0.15) is 48.7 Å². The standard InChI is InChI=1S/C20H16Cl2N4O3.C18H13ClN6O3.C18H15N7O3/c1-12-23-24-20(29-12)26-8-7-13-11-14(5-6-17(13)26)25(9-10-27)19(28)18-15(21)3-2-4-16(18)22;2*1-10-22-23-18(28-10)25-5-4-11-8-12(2-3-13(11)25)24-6-7-27-16-14(17(24)26)15(19)20-9-21-16/h2-8,11,27H,9-10H2,1H3;2-5,8-9H,6-7H2,1H3;2-5,8-9H,6-7H2,1H3,(H2,19,20,21). The van der Waals surface area contributed by atoms with Crippen molar-refractivity contribution in [1.29, 1.82) is 0 Å². The van der Waals surface area contributed by atoms with Crippen LogP contribution in [0.5, 0.6) is 11.8 Å². The third-order valence-corrected chi connectivity index (χ3v) is 14.4. The molecule has 4 aromatic carbocycles. The second kappa shape index (κ2) is 23.2. The van der Waals surface area contributed by atoms with E-state index in [-0.39, 0.29) is 80.3 Å². The Morgan fingerprint density at radius 3 is 1.53 bits per heavy atom. The fraction of sp³-hybridized carbons (Fsp3) is 0.161. The second-order valence-corrected chi connectivity index (χ2v) is 19.9. The highest BCUT2D eigenvalue weighted by Crippen LogP contribution is 2.35. The molecule has 14 rings (SSSR count). The van der Waals surface area contributed by atoms with Gasteiger partial charge in [0.1, 0.15) is 48.0 Å². The number of aromatic nitrogens is 13. The van der Waals surface area contributed by atoms with E-state index in [1.54, 1.807) is 68.5 Å². The molecule has 428 valence electrons. The van der Waals surface area contributed by atoms with Crippen molar-refractivity contribution in [2.45, 2.75) is 20.8 Å². The lowest BCUT2D eigenvalue weighted by molar-refractivity contribution is 0.0976. The van der Waals surface area contributed by atoms with E-state index in [2.05, 4.69) is 50.5 Å². The Bertz CT molecular complexity index is 4320. The number of carbonyl (C=O) groups is 3. The van der Waals surface area contributed by atoms with Gasteiger partial charge in [0.2, 0.25) is 29.4 Å². The van der Waals surface area contributed by atoms with E-state index in [1.807, 2.05) is 85.3 Å². The number of anilines is 4. The average molecular weight is 1210 g/mol. The van der Waals surface area contributed by atoms with Gasteiger partial charge in [0.25, 0.3) is 17.7 Å². The Morgan fingerprint density at radius 1 is 0.588 bits per heavy atom. The van der Waals surface area contributed by atoms with Crippen LogP contribution in [0.2, 0.25) is 15.2 Å². The molecule has 0 fully saturated rings. The first-order valence-electron chi connectivity index (χ1n) is 25.8. The predicted molar refractivity (Wildman–Crippen MR) is 311 cm³/mol. The number of carbonyl (C=O) groups excluding carboxylic acids is 3. The summed E-state index contributed by atoms with van der Waals surface area (Å²) in [6, 6.07) is 28.5. The van der Waals surface area contributed by atoms with E-state index in [0.29, 0.717) is 73.4 Å². The monoisotopic (exact) mass is 1200 g/mol. The van der Waals surface area contributed by atoms with Crippen LogP contribution in [0.3, 0.4) is 0 Å². The number of benzene rings is 4. The van der Waals surface area contributed by atoms with Crippen LogP contribution >= 0.6 is 34.8 Å².